The van der Waals surface area contributed by atoms with Crippen molar-refractivity contribution >= 4 is 15.6 Å². The van der Waals surface area contributed by atoms with Crippen molar-refractivity contribution in [2.75, 3.05) is 32.1 Å². The third-order valence-corrected chi connectivity index (χ3v) is 10.4. The highest BCUT2D eigenvalue weighted by Gasteiger charge is 2.45. The van der Waals surface area contributed by atoms with Crippen molar-refractivity contribution in [2.24, 2.45) is 0 Å². The van der Waals surface area contributed by atoms with Gasteiger partial charge in [-0.15, -0.1) is 0 Å². The van der Waals surface area contributed by atoms with Gasteiger partial charge in [-0.2, -0.15) is 0 Å². The third-order valence-electron chi connectivity index (χ3n) is 5.63. The summed E-state index contributed by atoms with van der Waals surface area (Å²) in [7, 11) is -4.27. The van der Waals surface area contributed by atoms with Crippen LogP contribution < -0.4 is 0 Å². The van der Waals surface area contributed by atoms with Crippen molar-refractivity contribution in [3.05, 3.63) is 0 Å². The monoisotopic (exact) mass is 516 g/mol. The van der Waals surface area contributed by atoms with Crippen LogP contribution in [0.2, 0.25) is 0 Å². The van der Waals surface area contributed by atoms with E-state index in [1.165, 1.54) is 0 Å². The number of aliphatic hydroxyl groups excluding tert-OH is 3. The first-order chi connectivity index (χ1) is 15.2. The molecule has 0 aromatic heterocycles. The summed E-state index contributed by atoms with van der Waals surface area (Å²) in [6.45, 7) is 14.4. The van der Waals surface area contributed by atoms with Gasteiger partial charge in [0.05, 0.1) is 45.9 Å². The molecule has 0 heterocycles. The van der Waals surface area contributed by atoms with Crippen molar-refractivity contribution in [3.8, 4) is 0 Å². The smallest absolute Gasteiger partial charge is 0.144 e. The van der Waals surface area contributed by atoms with E-state index in [-0.39, 0.29) is 24.9 Å². The van der Waals surface area contributed by atoms with Crippen LogP contribution in [-0.2, 0) is 23.3 Å². The topological polar surface area (TPSA) is 123 Å². The Balaban J connectivity index is 4.81. The summed E-state index contributed by atoms with van der Waals surface area (Å²) in [6, 6.07) is 0. The van der Waals surface area contributed by atoms with Gasteiger partial charge in [-0.1, -0.05) is 20.3 Å². The average molecular weight is 517 g/mol. The van der Waals surface area contributed by atoms with E-state index in [0.29, 0.717) is 25.4 Å². The zero-order chi connectivity index (χ0) is 25.8. The zero-order valence-electron chi connectivity index (χ0n) is 21.9. The highest BCUT2D eigenvalue weighted by atomic mass is 31.1. The molecule has 6 unspecified atom stereocenters. The number of rotatable bonds is 19. The molecule has 3 N–H and O–H groups in total. The van der Waals surface area contributed by atoms with Crippen LogP contribution in [0.15, 0.2) is 0 Å². The SMILES string of the molecule is CC(C)OC(CO)C(O)C(C)(OC(C)C)[PH](=O)CCCCC[PH](=O)C(C)(C)COC(C)CO. The van der Waals surface area contributed by atoms with Crippen LogP contribution in [0, 0.1) is 0 Å². The van der Waals surface area contributed by atoms with Crippen molar-refractivity contribution in [2.45, 2.75) is 116 Å². The molecule has 0 spiro atoms. The van der Waals surface area contributed by atoms with Gasteiger partial charge in [-0.05, 0) is 60.5 Å². The standard InChI is InChI=1S/C23H50O8P2/c1-17(2)30-20(15-25)21(26)23(8,31-18(3)4)33(28)13-11-9-10-12-32(27)22(6,7)16-29-19(5)14-24/h17-21,24-26,32-33H,9-16H2,1-8H3. The Labute approximate surface area is 202 Å². The first-order valence-corrected chi connectivity index (χ1v) is 15.4. The highest BCUT2D eigenvalue weighted by Crippen LogP contribution is 2.46. The van der Waals surface area contributed by atoms with Gasteiger partial charge in [0.1, 0.15) is 25.4 Å². The molecule has 0 saturated carbocycles. The highest BCUT2D eigenvalue weighted by molar-refractivity contribution is 7.46. The Morgan fingerprint density at radius 2 is 1.36 bits per heavy atom. The van der Waals surface area contributed by atoms with Gasteiger partial charge in [0.25, 0.3) is 0 Å². The largest absolute Gasteiger partial charge is 0.394 e. The van der Waals surface area contributed by atoms with E-state index in [4.69, 9.17) is 19.3 Å². The van der Waals surface area contributed by atoms with Crippen LogP contribution in [0.25, 0.3) is 0 Å². The van der Waals surface area contributed by atoms with Crippen molar-refractivity contribution < 1.29 is 38.7 Å². The van der Waals surface area contributed by atoms with Crippen LogP contribution in [0.5, 0.6) is 0 Å². The molecule has 0 aliphatic rings. The van der Waals surface area contributed by atoms with Gasteiger partial charge < -0.3 is 38.7 Å². The second-order valence-corrected chi connectivity index (χ2v) is 15.3. The predicted octanol–water partition coefficient (Wildman–Crippen LogP) is 3.74. The van der Waals surface area contributed by atoms with E-state index in [2.05, 4.69) is 0 Å². The van der Waals surface area contributed by atoms with Gasteiger partial charge >= 0.3 is 0 Å². The average Bonchev–Trinajstić information content (AvgIpc) is 2.73. The molecule has 0 aliphatic heterocycles. The maximum Gasteiger partial charge on any atom is 0.144 e. The van der Waals surface area contributed by atoms with Gasteiger partial charge in [0.2, 0.25) is 0 Å². The molecule has 8 nitrogen and oxygen atoms in total. The molecule has 0 rings (SSSR count). The normalized spacial score (nSPS) is 19.3. The Hall–Kier alpha value is 0.220. The Morgan fingerprint density at radius 1 is 0.818 bits per heavy atom. The molecule has 0 radical (unpaired) electrons. The third kappa shape index (κ3) is 12.1. The molecule has 10 heteroatoms. The summed E-state index contributed by atoms with van der Waals surface area (Å²) in [5.74, 6) is 0. The lowest BCUT2D eigenvalue weighted by atomic mass is 10.1. The predicted molar refractivity (Wildman–Crippen MR) is 136 cm³/mol. The number of unbranched alkanes of at least 4 members (excludes halogenated alkanes) is 2. The Morgan fingerprint density at radius 3 is 1.82 bits per heavy atom. The molecule has 0 bridgehead atoms. The van der Waals surface area contributed by atoms with Crippen LogP contribution in [-0.4, -0.2) is 88.5 Å². The summed E-state index contributed by atoms with van der Waals surface area (Å²) in [5, 5.41) is 27.9. The van der Waals surface area contributed by atoms with Crippen molar-refractivity contribution in [1.82, 2.24) is 0 Å². The summed E-state index contributed by atoms with van der Waals surface area (Å²) in [5.41, 5.74) is 0. The van der Waals surface area contributed by atoms with E-state index in [1.54, 1.807) is 13.8 Å². The lowest BCUT2D eigenvalue weighted by Gasteiger charge is -2.39. The second kappa shape index (κ2) is 16.1. The first kappa shape index (κ1) is 33.2. The van der Waals surface area contributed by atoms with E-state index in [0.717, 1.165) is 12.8 Å². The van der Waals surface area contributed by atoms with Crippen molar-refractivity contribution in [1.29, 1.82) is 0 Å². The van der Waals surface area contributed by atoms with Crippen molar-refractivity contribution in [3.63, 3.8) is 0 Å². The van der Waals surface area contributed by atoms with Gasteiger partial charge in [0, 0.05) is 11.3 Å². The molecule has 0 amide bonds. The van der Waals surface area contributed by atoms with E-state index in [1.807, 2.05) is 41.5 Å². The summed E-state index contributed by atoms with van der Waals surface area (Å²) >= 11 is 0. The molecule has 33 heavy (non-hydrogen) atoms. The lowest BCUT2D eigenvalue weighted by Crippen LogP contribution is -2.50. The van der Waals surface area contributed by atoms with Crippen LogP contribution in [0.4, 0.5) is 0 Å². The van der Waals surface area contributed by atoms with E-state index in [9.17, 15) is 19.3 Å². The molecule has 6 atom stereocenters. The molecule has 0 fully saturated rings. The van der Waals surface area contributed by atoms with Crippen LogP contribution in [0.1, 0.15) is 74.7 Å². The fourth-order valence-corrected chi connectivity index (χ4v) is 6.97. The maximum absolute atomic E-state index is 13.3. The number of ether oxygens (including phenoxy) is 3. The fraction of sp³-hybridized carbons (Fsp3) is 1.00. The Kier molecular flexibility index (Phi) is 16.2. The minimum absolute atomic E-state index is 0.0625. The fourth-order valence-electron chi connectivity index (χ4n) is 3.53. The molecule has 0 aromatic rings. The van der Waals surface area contributed by atoms with Gasteiger partial charge in [0.15, 0.2) is 0 Å². The molecule has 0 aliphatic carbocycles. The lowest BCUT2D eigenvalue weighted by molar-refractivity contribution is -0.158. The zero-order valence-corrected chi connectivity index (χ0v) is 23.9. The minimum Gasteiger partial charge on any atom is -0.394 e. The number of aliphatic hydroxyl groups is 3. The van der Waals surface area contributed by atoms with E-state index < -0.39 is 44.9 Å². The maximum atomic E-state index is 13.3. The molecule has 200 valence electrons. The van der Waals surface area contributed by atoms with E-state index >= 15 is 0 Å². The minimum atomic E-state index is -2.39. The number of hydrogen-bond donors (Lipinski definition) is 3. The summed E-state index contributed by atoms with van der Waals surface area (Å²) in [6.07, 6.45) is 0.354. The quantitative estimate of drug-likeness (QED) is 0.175. The molecular formula is C23H50O8P2. The number of hydrogen-bond acceptors (Lipinski definition) is 8. The van der Waals surface area contributed by atoms with Crippen LogP contribution in [0.3, 0.4) is 0 Å². The van der Waals surface area contributed by atoms with Gasteiger partial charge in [-0.25, -0.2) is 0 Å². The first-order valence-electron chi connectivity index (χ1n) is 12.1. The van der Waals surface area contributed by atoms with Gasteiger partial charge in [-0.3, -0.25) is 0 Å². The summed E-state index contributed by atoms with van der Waals surface area (Å²) in [4.78, 5) is 0. The molecular weight excluding hydrogens is 466 g/mol. The molecule has 0 saturated heterocycles. The second-order valence-electron chi connectivity index (χ2n) is 10.2. The Bertz CT molecular complexity index is 585. The molecule has 0 aromatic carbocycles. The summed E-state index contributed by atoms with van der Waals surface area (Å²) < 4.78 is 43.1. The van der Waals surface area contributed by atoms with Crippen LogP contribution >= 0.6 is 15.6 Å².